The number of aryl methyl sites for hydroxylation is 1. The van der Waals surface area contributed by atoms with Crippen LogP contribution in [0, 0.1) is 6.92 Å². The van der Waals surface area contributed by atoms with Crippen LogP contribution in [0.5, 0.6) is 0 Å². The Balaban J connectivity index is 2.70. The second-order valence-electron chi connectivity index (χ2n) is 3.37. The van der Waals surface area contributed by atoms with Crippen molar-refractivity contribution in [3.8, 4) is 0 Å². The van der Waals surface area contributed by atoms with E-state index < -0.39 is 24.7 Å². The molecule has 0 aliphatic rings. The van der Waals surface area contributed by atoms with Crippen LogP contribution in [-0.2, 0) is 11.2 Å². The van der Waals surface area contributed by atoms with Gasteiger partial charge in [-0.1, -0.05) is 0 Å². The van der Waals surface area contributed by atoms with Gasteiger partial charge in [-0.15, -0.1) is 11.3 Å². The number of thiazole rings is 1. The molecule has 0 saturated heterocycles. The zero-order valence-corrected chi connectivity index (χ0v) is 10.0. The Labute approximate surface area is 104 Å². The molecule has 1 N–H and O–H groups in total. The molecule has 1 heterocycles. The van der Waals surface area contributed by atoms with Crippen molar-refractivity contribution >= 4 is 23.3 Å². The predicted molar refractivity (Wildman–Crippen MR) is 56.3 cm³/mol. The molecule has 0 atom stereocenters. The minimum absolute atomic E-state index is 0.0351. The Morgan fingerprint density at radius 2 is 2.11 bits per heavy atom. The lowest BCUT2D eigenvalue weighted by Gasteiger charge is -2.17. The molecule has 18 heavy (non-hydrogen) atoms. The molecule has 0 aliphatic carbocycles. The Hall–Kier alpha value is -1.64. The summed E-state index contributed by atoms with van der Waals surface area (Å²) in [5, 5.41) is 10.7. The quantitative estimate of drug-likeness (QED) is 0.921. The molecule has 9 heteroatoms. The van der Waals surface area contributed by atoms with Gasteiger partial charge in [-0.05, 0) is 6.92 Å². The fourth-order valence-corrected chi connectivity index (χ4v) is 1.93. The van der Waals surface area contributed by atoms with E-state index in [-0.39, 0.29) is 11.3 Å². The second kappa shape index (κ2) is 5.34. The van der Waals surface area contributed by atoms with E-state index in [1.165, 1.54) is 11.3 Å². The van der Waals surface area contributed by atoms with E-state index >= 15 is 0 Å². The first-order valence-corrected chi connectivity index (χ1v) is 5.62. The maximum atomic E-state index is 12.1. The highest BCUT2D eigenvalue weighted by Gasteiger charge is 2.44. The molecule has 0 spiro atoms. The summed E-state index contributed by atoms with van der Waals surface area (Å²) >= 11 is 1.20. The van der Waals surface area contributed by atoms with Gasteiger partial charge in [-0.25, -0.2) is 14.7 Å². The van der Waals surface area contributed by atoms with Crippen LogP contribution in [0.4, 0.5) is 18.0 Å². The van der Waals surface area contributed by atoms with Gasteiger partial charge >= 0.3 is 18.2 Å². The Morgan fingerprint density at radius 3 is 2.50 bits per heavy atom. The minimum Gasteiger partial charge on any atom is -0.465 e. The smallest absolute Gasteiger partial charge is 0.465 e. The Kier molecular flexibility index (Phi) is 4.28. The minimum atomic E-state index is -5.20. The highest BCUT2D eigenvalue weighted by Crippen LogP contribution is 2.19. The predicted octanol–water partition coefficient (Wildman–Crippen LogP) is 2.06. The summed E-state index contributed by atoms with van der Waals surface area (Å²) in [6.45, 7) is 1.14. The highest BCUT2D eigenvalue weighted by molar-refractivity contribution is 7.09. The van der Waals surface area contributed by atoms with Gasteiger partial charge in [0.15, 0.2) is 0 Å². The lowest BCUT2D eigenvalue weighted by molar-refractivity contribution is -0.183. The fraction of sp³-hybridized carbons (Fsp3) is 0.444. The molecule has 0 fully saturated rings. The van der Waals surface area contributed by atoms with E-state index in [0.717, 1.165) is 0 Å². The number of carboxylic acid groups (broad SMARTS) is 1. The van der Waals surface area contributed by atoms with Gasteiger partial charge in [-0.3, -0.25) is 4.79 Å². The number of aromatic nitrogens is 1. The van der Waals surface area contributed by atoms with E-state index in [1.54, 1.807) is 12.3 Å². The van der Waals surface area contributed by atoms with Crippen molar-refractivity contribution in [2.24, 2.45) is 0 Å². The summed E-state index contributed by atoms with van der Waals surface area (Å²) < 4.78 is 36.4. The number of hydrogen-bond donors (Lipinski definition) is 1. The maximum absolute atomic E-state index is 12.1. The number of alkyl halides is 3. The number of rotatable bonds is 3. The number of nitrogens with zero attached hydrogens (tertiary/aromatic N) is 2. The second-order valence-corrected chi connectivity index (χ2v) is 4.31. The zero-order valence-electron chi connectivity index (χ0n) is 9.19. The van der Waals surface area contributed by atoms with Gasteiger partial charge in [0.05, 0.1) is 5.01 Å². The molecular formula is C9H9F3N2O3S. The van der Waals surface area contributed by atoms with Crippen molar-refractivity contribution in [3.63, 3.8) is 0 Å². The van der Waals surface area contributed by atoms with Crippen LogP contribution >= 0.6 is 11.3 Å². The largest absolute Gasteiger partial charge is 0.471 e. The lowest BCUT2D eigenvalue weighted by atomic mass is 10.4. The summed E-state index contributed by atoms with van der Waals surface area (Å²) in [6, 6.07) is 0. The van der Waals surface area contributed by atoms with Gasteiger partial charge < -0.3 is 5.11 Å². The molecule has 0 bridgehead atoms. The standard InChI is InChI=1S/C9H9F3N2O3S/c1-5-4-18-6(13-5)2-3-14(8(16)17)7(15)9(10,11)12/h4H,2-3H2,1H3,(H,16,17). The van der Waals surface area contributed by atoms with Crippen LogP contribution in [0.3, 0.4) is 0 Å². The molecular weight excluding hydrogens is 273 g/mol. The average molecular weight is 282 g/mol. The molecule has 0 aliphatic heterocycles. The molecule has 1 aromatic heterocycles. The summed E-state index contributed by atoms with van der Waals surface area (Å²) in [5.74, 6) is -2.39. The first kappa shape index (κ1) is 14.4. The molecule has 1 aromatic rings. The van der Waals surface area contributed by atoms with Gasteiger partial charge in [0, 0.05) is 24.0 Å². The molecule has 0 unspecified atom stereocenters. The van der Waals surface area contributed by atoms with Crippen LogP contribution in [0.1, 0.15) is 10.7 Å². The molecule has 2 amide bonds. The summed E-state index contributed by atoms with van der Waals surface area (Å²) in [6.07, 6.45) is -7.16. The van der Waals surface area contributed by atoms with E-state index in [4.69, 9.17) is 5.11 Å². The number of imide groups is 1. The Bertz CT molecular complexity index is 458. The van der Waals surface area contributed by atoms with Crippen molar-refractivity contribution in [1.82, 2.24) is 9.88 Å². The van der Waals surface area contributed by atoms with Crippen LogP contribution in [-0.4, -0.2) is 39.7 Å². The molecule has 0 aromatic carbocycles. The molecule has 0 radical (unpaired) electrons. The van der Waals surface area contributed by atoms with Crippen molar-refractivity contribution in [2.45, 2.75) is 19.5 Å². The first-order chi connectivity index (χ1) is 8.21. The normalized spacial score (nSPS) is 11.3. The molecule has 0 saturated carbocycles. The van der Waals surface area contributed by atoms with E-state index in [9.17, 15) is 22.8 Å². The topological polar surface area (TPSA) is 70.5 Å². The zero-order chi connectivity index (χ0) is 13.9. The summed E-state index contributed by atoms with van der Waals surface area (Å²) in [5.41, 5.74) is 0.694. The maximum Gasteiger partial charge on any atom is 0.471 e. The van der Waals surface area contributed by atoms with Gasteiger partial charge in [0.2, 0.25) is 0 Å². The third-order valence-corrected chi connectivity index (χ3v) is 2.96. The van der Waals surface area contributed by atoms with Crippen molar-refractivity contribution < 1.29 is 27.9 Å². The SMILES string of the molecule is Cc1csc(CCN(C(=O)O)C(=O)C(F)(F)F)n1. The van der Waals surface area contributed by atoms with E-state index in [2.05, 4.69) is 4.98 Å². The van der Waals surface area contributed by atoms with E-state index in [0.29, 0.717) is 10.7 Å². The van der Waals surface area contributed by atoms with Gasteiger partial charge in [0.25, 0.3) is 0 Å². The summed E-state index contributed by atoms with van der Waals surface area (Å²) in [4.78, 5) is 25.2. The third kappa shape index (κ3) is 3.69. The van der Waals surface area contributed by atoms with Gasteiger partial charge in [0.1, 0.15) is 0 Å². The third-order valence-electron chi connectivity index (χ3n) is 1.93. The molecule has 100 valence electrons. The number of amides is 2. The van der Waals surface area contributed by atoms with Crippen molar-refractivity contribution in [3.05, 3.63) is 16.1 Å². The van der Waals surface area contributed by atoms with Crippen molar-refractivity contribution in [1.29, 1.82) is 0 Å². The lowest BCUT2D eigenvalue weighted by Crippen LogP contribution is -2.45. The first-order valence-electron chi connectivity index (χ1n) is 4.74. The van der Waals surface area contributed by atoms with Crippen LogP contribution < -0.4 is 0 Å². The number of carbonyl (C=O) groups excluding carboxylic acids is 1. The number of carbonyl (C=O) groups is 2. The molecule has 1 rings (SSSR count). The van der Waals surface area contributed by atoms with Crippen LogP contribution in [0.25, 0.3) is 0 Å². The van der Waals surface area contributed by atoms with E-state index in [1.807, 2.05) is 0 Å². The fourth-order valence-electron chi connectivity index (χ4n) is 1.16. The Morgan fingerprint density at radius 1 is 1.50 bits per heavy atom. The molecule has 5 nitrogen and oxygen atoms in total. The van der Waals surface area contributed by atoms with Crippen LogP contribution in [0.2, 0.25) is 0 Å². The summed E-state index contributed by atoms with van der Waals surface area (Å²) in [7, 11) is 0. The average Bonchev–Trinajstić information content (AvgIpc) is 2.62. The highest BCUT2D eigenvalue weighted by atomic mass is 32.1. The monoisotopic (exact) mass is 282 g/mol. The van der Waals surface area contributed by atoms with Crippen molar-refractivity contribution in [2.75, 3.05) is 6.54 Å². The number of halogens is 3. The van der Waals surface area contributed by atoms with Gasteiger partial charge in [-0.2, -0.15) is 13.2 Å². The van der Waals surface area contributed by atoms with Crippen LogP contribution in [0.15, 0.2) is 5.38 Å². The number of hydrogen-bond acceptors (Lipinski definition) is 4.